The van der Waals surface area contributed by atoms with Gasteiger partial charge in [-0.2, -0.15) is 0 Å². The van der Waals surface area contributed by atoms with E-state index in [0.29, 0.717) is 5.92 Å². The molecule has 0 heterocycles. The maximum atomic E-state index is 5.53. The van der Waals surface area contributed by atoms with Gasteiger partial charge in [-0.3, -0.25) is 0 Å². The molecule has 0 saturated heterocycles. The third-order valence-corrected chi connectivity index (χ3v) is 3.58. The summed E-state index contributed by atoms with van der Waals surface area (Å²) in [6.07, 6.45) is 6.49. The van der Waals surface area contributed by atoms with Gasteiger partial charge in [-0.05, 0) is 17.5 Å². The summed E-state index contributed by atoms with van der Waals surface area (Å²) in [6.45, 7) is 2.97. The number of hydrogen-bond acceptors (Lipinski definition) is 1. The highest BCUT2D eigenvalue weighted by atomic mass is 14.9. The monoisotopic (exact) mass is 263 g/mol. The highest BCUT2D eigenvalue weighted by molar-refractivity contribution is 5.32. The predicted octanol–water partition coefficient (Wildman–Crippen LogP) is 3.82. The largest absolute Gasteiger partial charge is 0.303 e. The molecule has 0 aliphatic rings. The molecule has 0 radical (unpaired) electrons. The van der Waals surface area contributed by atoms with Gasteiger partial charge in [0.15, 0.2) is 0 Å². The van der Waals surface area contributed by atoms with Crippen LogP contribution in [0.15, 0.2) is 60.7 Å². The molecule has 0 saturated carbocycles. The molecule has 20 heavy (non-hydrogen) atoms. The number of nitrogens with one attached hydrogen (secondary N) is 1. The van der Waals surface area contributed by atoms with Gasteiger partial charge in [-0.25, -0.2) is 0 Å². The lowest BCUT2D eigenvalue weighted by Gasteiger charge is -2.21. The first-order chi connectivity index (χ1) is 9.85. The van der Waals surface area contributed by atoms with E-state index in [9.17, 15) is 0 Å². The Hall–Kier alpha value is -2.04. The molecule has 0 spiro atoms. The van der Waals surface area contributed by atoms with Crippen molar-refractivity contribution < 1.29 is 0 Å². The molecule has 2 rings (SSSR count). The molecule has 0 bridgehead atoms. The summed E-state index contributed by atoms with van der Waals surface area (Å²) in [7, 11) is 0. The van der Waals surface area contributed by atoms with Gasteiger partial charge < -0.3 is 5.32 Å². The third kappa shape index (κ3) is 3.73. The molecule has 0 aliphatic heterocycles. The van der Waals surface area contributed by atoms with E-state index in [1.165, 1.54) is 11.1 Å². The molecule has 102 valence electrons. The van der Waals surface area contributed by atoms with Gasteiger partial charge in [-0.15, -0.1) is 6.42 Å². The number of terminal acetylenes is 1. The van der Waals surface area contributed by atoms with Crippen molar-refractivity contribution in [2.24, 2.45) is 0 Å². The molecule has 2 aromatic carbocycles. The van der Waals surface area contributed by atoms with Crippen molar-refractivity contribution in [1.82, 2.24) is 5.32 Å². The SMILES string of the molecule is C#CC(CC)NCC(c1ccccc1)c1ccccc1. The maximum absolute atomic E-state index is 5.53. The molecular weight excluding hydrogens is 242 g/mol. The van der Waals surface area contributed by atoms with Crippen molar-refractivity contribution in [2.45, 2.75) is 25.3 Å². The highest BCUT2D eigenvalue weighted by Gasteiger charge is 2.14. The van der Waals surface area contributed by atoms with E-state index >= 15 is 0 Å². The van der Waals surface area contributed by atoms with Crippen LogP contribution >= 0.6 is 0 Å². The van der Waals surface area contributed by atoms with Crippen molar-refractivity contribution in [3.05, 3.63) is 71.8 Å². The number of hydrogen-bond donors (Lipinski definition) is 1. The van der Waals surface area contributed by atoms with Gasteiger partial charge in [0, 0.05) is 12.5 Å². The second kappa shape index (κ2) is 7.53. The number of rotatable bonds is 6. The Morgan fingerprint density at radius 1 is 0.950 bits per heavy atom. The first-order valence-corrected chi connectivity index (χ1v) is 7.14. The van der Waals surface area contributed by atoms with Crippen LogP contribution in [0.2, 0.25) is 0 Å². The fourth-order valence-electron chi connectivity index (χ4n) is 2.38. The standard InChI is InChI=1S/C19H21N/c1-3-18(4-2)20-15-19(16-11-7-5-8-12-16)17-13-9-6-10-14-17/h1,5-14,18-20H,4,15H2,2H3. The lowest BCUT2D eigenvalue weighted by atomic mass is 9.91. The van der Waals surface area contributed by atoms with E-state index in [4.69, 9.17) is 6.42 Å². The summed E-state index contributed by atoms with van der Waals surface area (Å²) < 4.78 is 0. The van der Waals surface area contributed by atoms with Crippen LogP contribution in [-0.2, 0) is 0 Å². The van der Waals surface area contributed by atoms with Gasteiger partial charge in [0.2, 0.25) is 0 Å². The zero-order chi connectivity index (χ0) is 14.2. The average Bonchev–Trinajstić information content (AvgIpc) is 2.53. The van der Waals surface area contributed by atoms with Crippen molar-refractivity contribution >= 4 is 0 Å². The van der Waals surface area contributed by atoms with E-state index in [2.05, 4.69) is 78.8 Å². The van der Waals surface area contributed by atoms with Crippen LogP contribution in [0.5, 0.6) is 0 Å². The summed E-state index contributed by atoms with van der Waals surface area (Å²) in [4.78, 5) is 0. The second-order valence-electron chi connectivity index (χ2n) is 4.91. The van der Waals surface area contributed by atoms with Gasteiger partial charge in [0.25, 0.3) is 0 Å². The van der Waals surface area contributed by atoms with Gasteiger partial charge in [-0.1, -0.05) is 73.5 Å². The lowest BCUT2D eigenvalue weighted by Crippen LogP contribution is -2.31. The second-order valence-corrected chi connectivity index (χ2v) is 4.91. The third-order valence-electron chi connectivity index (χ3n) is 3.58. The normalized spacial score (nSPS) is 12.1. The fourth-order valence-corrected chi connectivity index (χ4v) is 2.38. The van der Waals surface area contributed by atoms with Crippen LogP contribution < -0.4 is 5.32 Å². The zero-order valence-corrected chi connectivity index (χ0v) is 11.9. The molecule has 0 aliphatic carbocycles. The molecule has 1 unspecified atom stereocenters. The molecule has 2 aromatic rings. The fraction of sp³-hybridized carbons (Fsp3) is 0.263. The van der Waals surface area contributed by atoms with E-state index in [0.717, 1.165) is 13.0 Å². The summed E-state index contributed by atoms with van der Waals surface area (Å²) in [5, 5.41) is 3.48. The van der Waals surface area contributed by atoms with Crippen molar-refractivity contribution in [3.8, 4) is 12.3 Å². The molecule has 1 atom stereocenters. The van der Waals surface area contributed by atoms with Gasteiger partial charge in [0.1, 0.15) is 0 Å². The minimum Gasteiger partial charge on any atom is -0.303 e. The minimum atomic E-state index is 0.143. The molecule has 0 fully saturated rings. The highest BCUT2D eigenvalue weighted by Crippen LogP contribution is 2.23. The van der Waals surface area contributed by atoms with E-state index in [1.807, 2.05) is 0 Å². The topological polar surface area (TPSA) is 12.0 Å². The Bertz CT molecular complexity index is 499. The van der Waals surface area contributed by atoms with E-state index in [-0.39, 0.29) is 6.04 Å². The average molecular weight is 263 g/mol. The van der Waals surface area contributed by atoms with Crippen LogP contribution in [0.3, 0.4) is 0 Å². The smallest absolute Gasteiger partial charge is 0.0684 e. The molecular formula is C19H21N. The van der Waals surface area contributed by atoms with E-state index < -0.39 is 0 Å². The predicted molar refractivity (Wildman–Crippen MR) is 85.6 cm³/mol. The van der Waals surface area contributed by atoms with Crippen molar-refractivity contribution in [3.63, 3.8) is 0 Å². The first-order valence-electron chi connectivity index (χ1n) is 7.14. The Balaban J connectivity index is 2.20. The molecule has 1 N–H and O–H groups in total. The first kappa shape index (κ1) is 14.4. The zero-order valence-electron chi connectivity index (χ0n) is 11.9. The number of benzene rings is 2. The Kier molecular flexibility index (Phi) is 5.41. The van der Waals surface area contributed by atoms with Crippen LogP contribution in [0, 0.1) is 12.3 Å². The van der Waals surface area contributed by atoms with Crippen LogP contribution in [0.1, 0.15) is 30.4 Å². The Morgan fingerprint density at radius 3 is 1.85 bits per heavy atom. The van der Waals surface area contributed by atoms with Crippen LogP contribution in [0.25, 0.3) is 0 Å². The molecule has 1 nitrogen and oxygen atoms in total. The summed E-state index contributed by atoms with van der Waals surface area (Å²) >= 11 is 0. The Labute approximate surface area is 122 Å². The summed E-state index contributed by atoms with van der Waals surface area (Å²) in [6, 6.07) is 21.3. The van der Waals surface area contributed by atoms with Crippen molar-refractivity contribution in [2.75, 3.05) is 6.54 Å². The van der Waals surface area contributed by atoms with Gasteiger partial charge >= 0.3 is 0 Å². The quantitative estimate of drug-likeness (QED) is 0.781. The lowest BCUT2D eigenvalue weighted by molar-refractivity contribution is 0.565. The van der Waals surface area contributed by atoms with Crippen LogP contribution in [-0.4, -0.2) is 12.6 Å². The Morgan fingerprint density at radius 2 is 1.45 bits per heavy atom. The minimum absolute atomic E-state index is 0.143. The summed E-state index contributed by atoms with van der Waals surface area (Å²) in [5.41, 5.74) is 2.64. The van der Waals surface area contributed by atoms with Gasteiger partial charge in [0.05, 0.1) is 6.04 Å². The van der Waals surface area contributed by atoms with Crippen molar-refractivity contribution in [1.29, 1.82) is 0 Å². The van der Waals surface area contributed by atoms with E-state index in [1.54, 1.807) is 0 Å². The molecule has 1 heteroatoms. The van der Waals surface area contributed by atoms with Crippen LogP contribution in [0.4, 0.5) is 0 Å². The molecule has 0 aromatic heterocycles. The summed E-state index contributed by atoms with van der Waals surface area (Å²) in [5.74, 6) is 3.13. The molecule has 0 amide bonds. The maximum Gasteiger partial charge on any atom is 0.0684 e.